The summed E-state index contributed by atoms with van der Waals surface area (Å²) in [6, 6.07) is 14.8. The van der Waals surface area contributed by atoms with E-state index in [2.05, 4.69) is 22.5 Å². The summed E-state index contributed by atoms with van der Waals surface area (Å²) in [5.74, 6) is 5.44. The average molecular weight is 693 g/mol. The van der Waals surface area contributed by atoms with Gasteiger partial charge in [0.15, 0.2) is 0 Å². The Bertz CT molecular complexity index is 1450. The summed E-state index contributed by atoms with van der Waals surface area (Å²) in [5.41, 5.74) is 9.07. The van der Waals surface area contributed by atoms with Crippen LogP contribution in [-0.2, 0) is 44.7 Å². The highest BCUT2D eigenvalue weighted by atomic mass is 16.6. The first-order chi connectivity index (χ1) is 24.2. The van der Waals surface area contributed by atoms with Gasteiger partial charge < -0.3 is 40.2 Å². The van der Waals surface area contributed by atoms with Gasteiger partial charge in [0.25, 0.3) is 0 Å². The van der Waals surface area contributed by atoms with Crippen LogP contribution < -0.4 is 21.3 Å². The van der Waals surface area contributed by atoms with Gasteiger partial charge in [-0.1, -0.05) is 56.0 Å². The summed E-state index contributed by atoms with van der Waals surface area (Å²) in [4.78, 5) is 51.7. The largest absolute Gasteiger partial charge is 0.379 e. The third-order valence-electron chi connectivity index (χ3n) is 8.04. The van der Waals surface area contributed by atoms with E-state index < -0.39 is 12.0 Å². The van der Waals surface area contributed by atoms with Crippen LogP contribution >= 0.6 is 0 Å². The third-order valence-corrected chi connectivity index (χ3v) is 8.04. The average Bonchev–Trinajstić information content (AvgIpc) is 3.09. The molecule has 0 radical (unpaired) electrons. The molecule has 0 aromatic heterocycles. The summed E-state index contributed by atoms with van der Waals surface area (Å²) >= 11 is 0. The number of benzene rings is 2. The number of anilines is 1. The van der Waals surface area contributed by atoms with Crippen molar-refractivity contribution in [3.63, 3.8) is 0 Å². The highest BCUT2D eigenvalue weighted by Gasteiger charge is 2.26. The zero-order chi connectivity index (χ0) is 36.1. The van der Waals surface area contributed by atoms with Crippen molar-refractivity contribution in [2.75, 3.05) is 70.8 Å². The Labute approximate surface area is 295 Å². The van der Waals surface area contributed by atoms with Crippen LogP contribution in [-0.4, -0.2) is 95.5 Å². The van der Waals surface area contributed by atoms with Gasteiger partial charge in [-0.25, -0.2) is 0 Å². The van der Waals surface area contributed by atoms with Gasteiger partial charge in [0.05, 0.1) is 71.1 Å². The van der Waals surface area contributed by atoms with E-state index in [0.717, 1.165) is 22.4 Å². The quantitative estimate of drug-likeness (QED) is 0.118. The van der Waals surface area contributed by atoms with Crippen molar-refractivity contribution in [1.82, 2.24) is 10.6 Å². The Balaban J connectivity index is 1.16. The van der Waals surface area contributed by atoms with Gasteiger partial charge in [0.2, 0.25) is 17.7 Å². The van der Waals surface area contributed by atoms with Gasteiger partial charge in [-0.15, -0.1) is 0 Å². The molecule has 0 aliphatic carbocycles. The molecule has 3 rings (SSSR count). The van der Waals surface area contributed by atoms with Crippen molar-refractivity contribution in [3.05, 3.63) is 65.2 Å². The minimum atomic E-state index is -0.579. The molecular weight excluding hydrogens is 640 g/mol. The molecule has 1 heterocycles. The lowest BCUT2D eigenvalue weighted by Crippen LogP contribution is -2.39. The molecule has 12 heteroatoms. The fourth-order valence-electron chi connectivity index (χ4n) is 5.08. The predicted molar refractivity (Wildman–Crippen MR) is 190 cm³/mol. The fourth-order valence-corrected chi connectivity index (χ4v) is 5.08. The number of carbonyl (C=O) groups is 4. The number of hydrogen-bond acceptors (Lipinski definition) is 9. The number of ether oxygens (including phenoxy) is 4. The fraction of sp³-hybridized carbons (Fsp3) is 0.526. The molecule has 272 valence electrons. The van der Waals surface area contributed by atoms with E-state index in [4.69, 9.17) is 24.7 Å². The number of nitrogens with two attached hydrogens (primary N) is 1. The number of para-hydroxylation sites is 1. The standard InChI is InChI=1S/C38H52N4O8/c1-28(2)33(26-35(43)29(3)39)38(46)41-17-19-48-21-23-50-25-24-49-22-20-47-18-15-36(44)40-16-14-37(45)42-27-32-10-5-4-8-30(32)12-13-31-9-6-7-11-34(31)42/h4-11,28-29,33H,14-27,39H2,1-3H3,(H,40,44)(H,41,46)/t29-,33-/m1/s1. The molecule has 0 saturated heterocycles. The monoisotopic (exact) mass is 692 g/mol. The molecule has 2 aromatic carbocycles. The molecular formula is C38H52N4O8. The van der Waals surface area contributed by atoms with E-state index >= 15 is 0 Å². The van der Waals surface area contributed by atoms with Crippen molar-refractivity contribution in [1.29, 1.82) is 0 Å². The van der Waals surface area contributed by atoms with Crippen molar-refractivity contribution in [2.45, 2.75) is 52.6 Å². The zero-order valence-electron chi connectivity index (χ0n) is 29.5. The van der Waals surface area contributed by atoms with E-state index in [1.807, 2.05) is 62.4 Å². The number of rotatable bonds is 23. The van der Waals surface area contributed by atoms with Crippen LogP contribution in [0.3, 0.4) is 0 Å². The number of Topliss-reactive ketones (excluding diaryl/α,β-unsaturated/α-hetero) is 1. The lowest BCUT2D eigenvalue weighted by atomic mass is 9.88. The van der Waals surface area contributed by atoms with Crippen molar-refractivity contribution >= 4 is 29.2 Å². The number of nitrogens with one attached hydrogen (secondary N) is 2. The molecule has 12 nitrogen and oxygen atoms in total. The normalized spacial score (nSPS) is 13.2. The smallest absolute Gasteiger partial charge is 0.229 e. The molecule has 4 N–H and O–H groups in total. The molecule has 3 amide bonds. The molecule has 1 aliphatic rings. The maximum absolute atomic E-state index is 13.3. The van der Waals surface area contributed by atoms with Gasteiger partial charge in [-0.3, -0.25) is 19.2 Å². The summed E-state index contributed by atoms with van der Waals surface area (Å²) in [7, 11) is 0. The SMILES string of the molecule is CC(C)[C@@H](CC(=O)[C@@H](C)N)C(=O)NCCOCCOCCOCCOCCC(=O)NCCC(=O)N1Cc2ccccc2C#Cc2ccccc21. The van der Waals surface area contributed by atoms with Crippen molar-refractivity contribution in [2.24, 2.45) is 17.6 Å². The van der Waals surface area contributed by atoms with Crippen LogP contribution in [0.1, 0.15) is 56.7 Å². The van der Waals surface area contributed by atoms with Crippen molar-refractivity contribution in [3.8, 4) is 11.8 Å². The van der Waals surface area contributed by atoms with Gasteiger partial charge >= 0.3 is 0 Å². The van der Waals surface area contributed by atoms with Crippen LogP contribution in [0.4, 0.5) is 5.69 Å². The zero-order valence-corrected chi connectivity index (χ0v) is 29.5. The molecule has 0 bridgehead atoms. The number of ketones is 1. The second kappa shape index (κ2) is 22.6. The van der Waals surface area contributed by atoms with E-state index in [9.17, 15) is 19.2 Å². The highest BCUT2D eigenvalue weighted by molar-refractivity contribution is 5.95. The molecule has 1 aliphatic heterocycles. The van der Waals surface area contributed by atoms with Crippen molar-refractivity contribution < 1.29 is 38.1 Å². The molecule has 0 spiro atoms. The van der Waals surface area contributed by atoms with Crippen LogP contribution in [0, 0.1) is 23.7 Å². The first-order valence-electron chi connectivity index (χ1n) is 17.3. The van der Waals surface area contributed by atoms with Gasteiger partial charge in [0, 0.05) is 49.4 Å². The number of amides is 3. The van der Waals surface area contributed by atoms with Crippen LogP contribution in [0.15, 0.2) is 48.5 Å². The predicted octanol–water partition coefficient (Wildman–Crippen LogP) is 2.59. The number of hydrogen-bond donors (Lipinski definition) is 3. The Morgan fingerprint density at radius 3 is 1.98 bits per heavy atom. The van der Waals surface area contributed by atoms with Crippen LogP contribution in [0.5, 0.6) is 0 Å². The highest BCUT2D eigenvalue weighted by Crippen LogP contribution is 2.26. The molecule has 2 aromatic rings. The molecule has 2 atom stereocenters. The molecule has 50 heavy (non-hydrogen) atoms. The summed E-state index contributed by atoms with van der Waals surface area (Å²) in [6.07, 6.45) is 0.479. The van der Waals surface area contributed by atoms with Gasteiger partial charge in [-0.2, -0.15) is 0 Å². The lowest BCUT2D eigenvalue weighted by molar-refractivity contribution is -0.131. The molecule has 0 unspecified atom stereocenters. The summed E-state index contributed by atoms with van der Waals surface area (Å²) in [5, 5.41) is 5.63. The maximum atomic E-state index is 13.3. The number of carbonyl (C=O) groups excluding carboxylic acids is 4. The minimum absolute atomic E-state index is 0.0262. The van der Waals surface area contributed by atoms with E-state index in [-0.39, 0.29) is 61.8 Å². The Hall–Kier alpha value is -4.12. The summed E-state index contributed by atoms with van der Waals surface area (Å²) < 4.78 is 22.0. The number of nitrogens with zero attached hydrogens (tertiary/aromatic N) is 1. The molecule has 0 fully saturated rings. The summed E-state index contributed by atoms with van der Waals surface area (Å²) in [6.45, 7) is 9.28. The van der Waals surface area contributed by atoms with Crippen LogP contribution in [0.2, 0.25) is 0 Å². The molecule has 0 saturated carbocycles. The van der Waals surface area contributed by atoms with E-state index in [1.165, 1.54) is 0 Å². The maximum Gasteiger partial charge on any atom is 0.229 e. The second-order valence-corrected chi connectivity index (χ2v) is 12.3. The first-order valence-corrected chi connectivity index (χ1v) is 17.3. The lowest BCUT2D eigenvalue weighted by Gasteiger charge is -2.26. The number of fused-ring (bicyclic) bond motifs is 2. The Morgan fingerprint density at radius 2 is 1.32 bits per heavy atom. The first kappa shape index (κ1) is 40.3. The topological polar surface area (TPSA) is 159 Å². The second-order valence-electron chi connectivity index (χ2n) is 12.3. The van der Waals surface area contributed by atoms with Gasteiger partial charge in [-0.05, 0) is 36.6 Å². The van der Waals surface area contributed by atoms with E-state index in [1.54, 1.807) is 11.8 Å². The third kappa shape index (κ3) is 14.4. The Kier molecular flexibility index (Phi) is 18.2. The van der Waals surface area contributed by atoms with E-state index in [0.29, 0.717) is 59.3 Å². The van der Waals surface area contributed by atoms with Gasteiger partial charge in [0.1, 0.15) is 5.78 Å². The van der Waals surface area contributed by atoms with Crippen LogP contribution in [0.25, 0.3) is 0 Å². The minimum Gasteiger partial charge on any atom is -0.379 e. The Morgan fingerprint density at radius 1 is 0.740 bits per heavy atom.